The van der Waals surface area contributed by atoms with Gasteiger partial charge in [-0.05, 0) is 105 Å². The van der Waals surface area contributed by atoms with Crippen molar-refractivity contribution in [2.45, 2.75) is 51.1 Å². The van der Waals surface area contributed by atoms with Crippen LogP contribution in [0.25, 0.3) is 10.9 Å². The van der Waals surface area contributed by atoms with Gasteiger partial charge in [-0.1, -0.05) is 0 Å². The van der Waals surface area contributed by atoms with E-state index in [0.717, 1.165) is 56.2 Å². The lowest BCUT2D eigenvalue weighted by atomic mass is 9.79. The van der Waals surface area contributed by atoms with Gasteiger partial charge in [0.25, 0.3) is 0 Å². The molecular weight excluding hydrogens is 457 g/mol. The number of carbonyl (C=O) groups is 1. The molecule has 3 heterocycles. The van der Waals surface area contributed by atoms with Gasteiger partial charge in [0.15, 0.2) is 0 Å². The molecule has 3 aromatic rings. The summed E-state index contributed by atoms with van der Waals surface area (Å²) in [6, 6.07) is 11.5. The number of rotatable bonds is 12. The van der Waals surface area contributed by atoms with Crippen LogP contribution in [0, 0.1) is 11.8 Å². The van der Waals surface area contributed by atoms with Crippen molar-refractivity contribution >= 4 is 16.9 Å². The number of hydrogen-bond donors (Lipinski definition) is 1. The number of unbranched alkanes of at least 4 members (excludes halogenated alkanes) is 1. The van der Waals surface area contributed by atoms with E-state index in [1.54, 1.807) is 19.4 Å². The second kappa shape index (κ2) is 12.3. The van der Waals surface area contributed by atoms with Crippen LogP contribution in [0.5, 0.6) is 5.75 Å². The van der Waals surface area contributed by atoms with Crippen molar-refractivity contribution in [2.75, 3.05) is 26.7 Å². The molecule has 1 unspecified atom stereocenters. The lowest BCUT2D eigenvalue weighted by Gasteiger charge is -2.38. The average Bonchev–Trinajstić information content (AvgIpc) is 3.29. The third kappa shape index (κ3) is 6.64. The summed E-state index contributed by atoms with van der Waals surface area (Å²) in [7, 11) is 3.68. The molecule has 0 radical (unpaired) electrons. The molecule has 2 aromatic heterocycles. The third-order valence-electron chi connectivity index (χ3n) is 7.73. The van der Waals surface area contributed by atoms with Gasteiger partial charge in [-0.15, -0.1) is 0 Å². The Morgan fingerprint density at radius 3 is 2.86 bits per heavy atom. The SMILES string of the molecule is COc1ccc2nccc(C(F)CC[C@@H]3CCN(CCCCc4cccn4C)C[C@@H]3CC(=O)O)c2c1. The van der Waals surface area contributed by atoms with E-state index < -0.39 is 12.1 Å². The zero-order valence-electron chi connectivity index (χ0n) is 21.4. The van der Waals surface area contributed by atoms with Crippen molar-refractivity contribution in [2.24, 2.45) is 18.9 Å². The molecule has 1 N–H and O–H groups in total. The molecule has 1 aliphatic heterocycles. The van der Waals surface area contributed by atoms with Crippen LogP contribution < -0.4 is 4.74 Å². The van der Waals surface area contributed by atoms with Crippen LogP contribution in [-0.2, 0) is 18.3 Å². The number of aryl methyl sites for hydroxylation is 2. The fourth-order valence-electron chi connectivity index (χ4n) is 5.66. The van der Waals surface area contributed by atoms with E-state index in [-0.39, 0.29) is 18.3 Å². The molecule has 0 amide bonds. The molecule has 3 atom stereocenters. The fraction of sp³-hybridized carbons (Fsp3) is 0.517. The highest BCUT2D eigenvalue weighted by Crippen LogP contribution is 2.36. The summed E-state index contributed by atoms with van der Waals surface area (Å²) in [6.45, 7) is 2.73. The first-order chi connectivity index (χ1) is 17.4. The maximum atomic E-state index is 15.5. The summed E-state index contributed by atoms with van der Waals surface area (Å²) in [6.07, 6.45) is 8.03. The quantitative estimate of drug-likeness (QED) is 0.321. The molecule has 0 bridgehead atoms. The molecule has 1 fully saturated rings. The van der Waals surface area contributed by atoms with Gasteiger partial charge in [0.05, 0.1) is 12.6 Å². The van der Waals surface area contributed by atoms with E-state index in [1.165, 1.54) is 5.69 Å². The minimum atomic E-state index is -1.12. The lowest BCUT2D eigenvalue weighted by molar-refractivity contribution is -0.139. The number of fused-ring (bicyclic) bond motifs is 1. The molecule has 1 aromatic carbocycles. The van der Waals surface area contributed by atoms with E-state index in [0.29, 0.717) is 24.2 Å². The van der Waals surface area contributed by atoms with Crippen LogP contribution in [0.15, 0.2) is 48.8 Å². The standard InChI is InChI=1S/C29H38FN3O3/c1-32-15-5-7-23(32)6-3-4-16-33-17-13-21(22(20-33)18-29(34)35)8-10-27(30)25-12-14-31-28-11-9-24(36-2)19-26(25)28/h5,7,9,11-12,14-15,19,21-22,27H,3-4,6,8,10,13,16-18,20H2,1-2H3,(H,34,35)/t21-,22+,27?/m1/s1. The van der Waals surface area contributed by atoms with E-state index in [2.05, 4.69) is 39.8 Å². The second-order valence-electron chi connectivity index (χ2n) is 10.1. The Morgan fingerprint density at radius 2 is 2.11 bits per heavy atom. The summed E-state index contributed by atoms with van der Waals surface area (Å²) in [5.74, 6) is 0.202. The summed E-state index contributed by atoms with van der Waals surface area (Å²) < 4.78 is 23.0. The number of methoxy groups -OCH3 is 1. The van der Waals surface area contributed by atoms with E-state index in [4.69, 9.17) is 4.74 Å². The lowest BCUT2D eigenvalue weighted by Crippen LogP contribution is -2.41. The molecule has 1 aliphatic rings. The smallest absolute Gasteiger partial charge is 0.303 e. The minimum Gasteiger partial charge on any atom is -0.497 e. The van der Waals surface area contributed by atoms with Gasteiger partial charge in [-0.3, -0.25) is 9.78 Å². The predicted octanol–water partition coefficient (Wildman–Crippen LogP) is 5.81. The number of piperidine rings is 1. The van der Waals surface area contributed by atoms with Crippen LogP contribution in [0.1, 0.15) is 56.0 Å². The Bertz CT molecular complexity index is 1150. The molecule has 0 spiro atoms. The Kier molecular flexibility index (Phi) is 8.97. The van der Waals surface area contributed by atoms with Gasteiger partial charge in [-0.25, -0.2) is 4.39 Å². The molecule has 1 saturated heterocycles. The summed E-state index contributed by atoms with van der Waals surface area (Å²) in [5.41, 5.74) is 2.73. The number of carboxylic acid groups (broad SMARTS) is 1. The monoisotopic (exact) mass is 495 g/mol. The number of pyridine rings is 1. The maximum absolute atomic E-state index is 15.5. The molecule has 194 valence electrons. The number of halogens is 1. The summed E-state index contributed by atoms with van der Waals surface area (Å²) >= 11 is 0. The van der Waals surface area contributed by atoms with Crippen molar-refractivity contribution in [3.8, 4) is 5.75 Å². The normalized spacial score (nSPS) is 19.4. The summed E-state index contributed by atoms with van der Waals surface area (Å²) in [4.78, 5) is 18.4. The largest absolute Gasteiger partial charge is 0.497 e. The number of nitrogens with zero attached hydrogens (tertiary/aromatic N) is 3. The fourth-order valence-corrected chi connectivity index (χ4v) is 5.66. The van der Waals surface area contributed by atoms with Crippen LogP contribution in [0.3, 0.4) is 0 Å². The number of alkyl halides is 1. The molecule has 36 heavy (non-hydrogen) atoms. The molecule has 0 aliphatic carbocycles. The van der Waals surface area contributed by atoms with Crippen molar-refractivity contribution < 1.29 is 19.0 Å². The highest BCUT2D eigenvalue weighted by molar-refractivity contribution is 5.83. The van der Waals surface area contributed by atoms with Crippen LogP contribution in [-0.4, -0.2) is 52.3 Å². The Balaban J connectivity index is 1.32. The molecule has 7 heteroatoms. The number of likely N-dealkylation sites (tertiary alicyclic amines) is 1. The Morgan fingerprint density at radius 1 is 1.25 bits per heavy atom. The Labute approximate surface area is 213 Å². The molecular formula is C29H38FN3O3. The topological polar surface area (TPSA) is 67.6 Å². The number of aliphatic carboxylic acids is 1. The predicted molar refractivity (Wildman–Crippen MR) is 140 cm³/mol. The van der Waals surface area contributed by atoms with E-state index in [9.17, 15) is 9.90 Å². The van der Waals surface area contributed by atoms with Crippen molar-refractivity contribution in [3.63, 3.8) is 0 Å². The van der Waals surface area contributed by atoms with Crippen molar-refractivity contribution in [1.82, 2.24) is 14.5 Å². The number of aromatic nitrogens is 2. The average molecular weight is 496 g/mol. The zero-order valence-corrected chi connectivity index (χ0v) is 21.4. The number of hydrogen-bond acceptors (Lipinski definition) is 4. The number of ether oxygens (including phenoxy) is 1. The van der Waals surface area contributed by atoms with Crippen molar-refractivity contribution in [1.29, 1.82) is 0 Å². The first-order valence-electron chi connectivity index (χ1n) is 13.1. The zero-order chi connectivity index (χ0) is 25.5. The van der Waals surface area contributed by atoms with Gasteiger partial charge < -0.3 is 19.3 Å². The van der Waals surface area contributed by atoms with E-state index in [1.807, 2.05) is 18.2 Å². The number of carboxylic acids is 1. The van der Waals surface area contributed by atoms with Crippen LogP contribution in [0.2, 0.25) is 0 Å². The molecule has 4 rings (SSSR count). The summed E-state index contributed by atoms with van der Waals surface area (Å²) in [5, 5.41) is 10.3. The molecule has 6 nitrogen and oxygen atoms in total. The minimum absolute atomic E-state index is 0.0607. The second-order valence-corrected chi connectivity index (χ2v) is 10.1. The van der Waals surface area contributed by atoms with Gasteiger partial charge >= 0.3 is 5.97 Å². The third-order valence-corrected chi connectivity index (χ3v) is 7.73. The maximum Gasteiger partial charge on any atom is 0.303 e. The van der Waals surface area contributed by atoms with Crippen molar-refractivity contribution in [3.05, 3.63) is 60.0 Å². The highest BCUT2D eigenvalue weighted by Gasteiger charge is 2.31. The first-order valence-corrected chi connectivity index (χ1v) is 13.1. The van der Waals surface area contributed by atoms with E-state index >= 15 is 4.39 Å². The first kappa shape index (κ1) is 26.1. The van der Waals surface area contributed by atoms with Crippen LogP contribution >= 0.6 is 0 Å². The van der Waals surface area contributed by atoms with Crippen LogP contribution in [0.4, 0.5) is 4.39 Å². The highest BCUT2D eigenvalue weighted by atomic mass is 19.1. The number of benzene rings is 1. The Hall–Kier alpha value is -2.93. The van der Waals surface area contributed by atoms with Gasteiger partial charge in [0, 0.05) is 43.5 Å². The molecule has 0 saturated carbocycles. The van der Waals surface area contributed by atoms with Gasteiger partial charge in [0.2, 0.25) is 0 Å². The van der Waals surface area contributed by atoms with Gasteiger partial charge in [0.1, 0.15) is 11.9 Å². The van der Waals surface area contributed by atoms with Gasteiger partial charge in [-0.2, -0.15) is 0 Å².